The summed E-state index contributed by atoms with van der Waals surface area (Å²) < 4.78 is 11.5. The van der Waals surface area contributed by atoms with E-state index in [9.17, 15) is 33.6 Å². The zero-order valence-electron chi connectivity index (χ0n) is 31.6. The number of imide groups is 2. The van der Waals surface area contributed by atoms with Gasteiger partial charge in [0.25, 0.3) is 11.8 Å². The van der Waals surface area contributed by atoms with Gasteiger partial charge in [-0.1, -0.05) is 38.2 Å². The molecule has 1 saturated carbocycles. The highest BCUT2D eigenvalue weighted by Crippen LogP contribution is 2.40. The van der Waals surface area contributed by atoms with Gasteiger partial charge in [0.1, 0.15) is 0 Å². The molecular weight excluding hydrogens is 761 g/mol. The van der Waals surface area contributed by atoms with Crippen molar-refractivity contribution in [1.29, 1.82) is 0 Å². The molecule has 4 aliphatic rings. The summed E-state index contributed by atoms with van der Waals surface area (Å²) in [6.45, 7) is 2.50. The van der Waals surface area contributed by atoms with Gasteiger partial charge in [0.15, 0.2) is 0 Å². The highest BCUT2D eigenvalue weighted by atomic mass is 32.2. The molecule has 6 amide bonds. The number of carbonyl (C=O) groups excluding carboxylic acids is 6. The van der Waals surface area contributed by atoms with E-state index < -0.39 is 52.5 Å². The second-order valence-electron chi connectivity index (χ2n) is 14.7. The molecule has 2 saturated heterocycles. The van der Waals surface area contributed by atoms with Crippen molar-refractivity contribution in [3.63, 3.8) is 0 Å². The van der Waals surface area contributed by atoms with E-state index in [-0.39, 0.29) is 48.3 Å². The summed E-state index contributed by atoms with van der Waals surface area (Å²) in [5.41, 5.74) is 2.54. The van der Waals surface area contributed by atoms with Gasteiger partial charge in [-0.25, -0.2) is 9.59 Å². The number of amides is 6. The molecule has 56 heavy (non-hydrogen) atoms. The van der Waals surface area contributed by atoms with E-state index >= 15 is 0 Å². The zero-order valence-corrected chi connectivity index (χ0v) is 33.3. The van der Waals surface area contributed by atoms with E-state index in [1.807, 2.05) is 18.2 Å². The van der Waals surface area contributed by atoms with Crippen LogP contribution in [0.1, 0.15) is 84.6 Å². The van der Waals surface area contributed by atoms with Crippen molar-refractivity contribution < 1.29 is 38.2 Å². The first-order chi connectivity index (χ1) is 27.0. The maximum absolute atomic E-state index is 13.7. The second kappa shape index (κ2) is 19.1. The third-order valence-corrected chi connectivity index (χ3v) is 13.9. The molecule has 17 heteroatoms. The van der Waals surface area contributed by atoms with Crippen LogP contribution in [-0.2, 0) is 32.5 Å². The lowest BCUT2D eigenvalue weighted by Crippen LogP contribution is -2.45. The number of carbonyl (C=O) groups is 6. The number of benzene rings is 1. The molecule has 1 aromatic carbocycles. The van der Waals surface area contributed by atoms with Crippen molar-refractivity contribution in [3.05, 3.63) is 63.6 Å². The van der Waals surface area contributed by atoms with Crippen LogP contribution < -0.4 is 32.1 Å². The molecule has 5 N–H and O–H groups in total. The van der Waals surface area contributed by atoms with Crippen molar-refractivity contribution in [3.8, 4) is 0 Å². The minimum absolute atomic E-state index is 0.0682. The van der Waals surface area contributed by atoms with E-state index in [0.717, 1.165) is 24.2 Å². The Bertz CT molecular complexity index is 1870. The molecule has 0 bridgehead atoms. The van der Waals surface area contributed by atoms with Crippen LogP contribution in [0.2, 0.25) is 0 Å². The number of thioether (sulfide) groups is 2. The summed E-state index contributed by atoms with van der Waals surface area (Å²) in [6.07, 6.45) is 7.69. The molecule has 1 aliphatic carbocycles. The van der Waals surface area contributed by atoms with Crippen LogP contribution >= 0.6 is 23.5 Å². The summed E-state index contributed by atoms with van der Waals surface area (Å²) in [4.78, 5) is 89.6. The van der Waals surface area contributed by atoms with Gasteiger partial charge in [0, 0.05) is 42.4 Å². The van der Waals surface area contributed by atoms with Crippen LogP contribution in [0.5, 0.6) is 0 Å². The van der Waals surface area contributed by atoms with E-state index in [1.54, 1.807) is 6.92 Å². The predicted octanol–water partition coefficient (Wildman–Crippen LogP) is 4.15. The molecular formula is C39H50N6O9S2. The first-order valence-corrected chi connectivity index (χ1v) is 21.4. The SMILES string of the molecule is CCOC(=O)NC(=O)C1CC(CCOC(=O)NC(=O)C2CCSC2NC(=O)c2cccc3c2CC(C2CCCCC2)CN3)SC1NC(=O)c1ccc(=O)n(C)c1. The Hall–Kier alpha value is -4.51. The third-order valence-electron chi connectivity index (χ3n) is 11.0. The number of anilines is 1. The summed E-state index contributed by atoms with van der Waals surface area (Å²) in [7, 11) is 1.52. The molecule has 3 fully saturated rings. The maximum Gasteiger partial charge on any atom is 0.413 e. The Labute approximate surface area is 333 Å². The van der Waals surface area contributed by atoms with Crippen LogP contribution in [0.3, 0.4) is 0 Å². The largest absolute Gasteiger partial charge is 0.450 e. The Morgan fingerprint density at radius 2 is 1.59 bits per heavy atom. The number of nitrogens with one attached hydrogen (secondary N) is 5. The molecule has 3 aliphatic heterocycles. The fraction of sp³-hybridized carbons (Fsp3) is 0.564. The first kappa shape index (κ1) is 41.1. The molecule has 4 heterocycles. The standard InChI is InChI=1S/C39H50N6O9S2/c1-3-53-38(51)44-35(50)29-19-25(56-37(29)41-32(47)23-12-13-31(46)45(2)21-23)14-16-54-39(52)43-34(49)27-15-17-55-36(27)42-33(48)26-10-7-11-30-28(26)18-24(20-40-30)22-8-5-4-6-9-22/h7,10-13,21-22,24-25,27,29,36-37,40H,3-6,8-9,14-20H2,1-2H3,(H,41,47)(H,42,48)(H,43,49,52)(H,44,50,51). The summed E-state index contributed by atoms with van der Waals surface area (Å²) in [5, 5.41) is 12.5. The topological polar surface area (TPSA) is 203 Å². The van der Waals surface area contributed by atoms with Crippen LogP contribution in [-0.4, -0.2) is 81.9 Å². The average Bonchev–Trinajstić information content (AvgIpc) is 3.82. The maximum atomic E-state index is 13.7. The molecule has 1 aromatic heterocycles. The van der Waals surface area contributed by atoms with Gasteiger partial charge in [-0.15, -0.1) is 23.5 Å². The van der Waals surface area contributed by atoms with Crippen molar-refractivity contribution in [2.45, 2.75) is 80.7 Å². The average molecular weight is 811 g/mol. The lowest BCUT2D eigenvalue weighted by atomic mass is 9.75. The monoisotopic (exact) mass is 810 g/mol. The molecule has 0 spiro atoms. The first-order valence-electron chi connectivity index (χ1n) is 19.4. The van der Waals surface area contributed by atoms with Gasteiger partial charge in [-0.05, 0) is 74.0 Å². The normalized spacial score (nSPS) is 24.5. The highest BCUT2D eigenvalue weighted by Gasteiger charge is 2.42. The van der Waals surface area contributed by atoms with Crippen LogP contribution in [0.15, 0.2) is 41.3 Å². The number of hydrogen-bond donors (Lipinski definition) is 5. The van der Waals surface area contributed by atoms with Crippen molar-refractivity contribution in [2.75, 3.05) is 30.8 Å². The molecule has 0 radical (unpaired) electrons. The Morgan fingerprint density at radius 3 is 2.34 bits per heavy atom. The van der Waals surface area contributed by atoms with Gasteiger partial charge in [0.05, 0.1) is 41.4 Å². The van der Waals surface area contributed by atoms with Gasteiger partial charge >= 0.3 is 12.2 Å². The molecule has 2 aromatic rings. The van der Waals surface area contributed by atoms with Crippen LogP contribution in [0.25, 0.3) is 0 Å². The Kier molecular flexibility index (Phi) is 14.0. The van der Waals surface area contributed by atoms with E-state index in [1.165, 1.54) is 85.6 Å². The number of fused-ring (bicyclic) bond motifs is 1. The van der Waals surface area contributed by atoms with E-state index in [0.29, 0.717) is 29.6 Å². The summed E-state index contributed by atoms with van der Waals surface area (Å²) in [5.74, 6) is -1.59. The Morgan fingerprint density at radius 1 is 0.857 bits per heavy atom. The quantitative estimate of drug-likeness (QED) is 0.217. The van der Waals surface area contributed by atoms with Crippen LogP contribution in [0.4, 0.5) is 15.3 Å². The lowest BCUT2D eigenvalue weighted by molar-refractivity contribution is -0.125. The lowest BCUT2D eigenvalue weighted by Gasteiger charge is -2.35. The number of nitrogens with zero attached hydrogens (tertiary/aromatic N) is 1. The highest BCUT2D eigenvalue weighted by molar-refractivity contribution is 8.00. The van der Waals surface area contributed by atoms with Gasteiger partial charge in [0.2, 0.25) is 17.4 Å². The van der Waals surface area contributed by atoms with E-state index in [2.05, 4.69) is 26.6 Å². The molecule has 6 unspecified atom stereocenters. The molecule has 6 rings (SSSR count). The predicted molar refractivity (Wildman–Crippen MR) is 212 cm³/mol. The van der Waals surface area contributed by atoms with Gasteiger partial charge < -0.3 is 30.0 Å². The minimum Gasteiger partial charge on any atom is -0.450 e. The number of hydrogen-bond acceptors (Lipinski definition) is 12. The fourth-order valence-corrected chi connectivity index (χ4v) is 10.9. The Balaban J connectivity index is 0.996. The zero-order chi connectivity index (χ0) is 39.8. The number of ether oxygens (including phenoxy) is 2. The van der Waals surface area contributed by atoms with Crippen LogP contribution in [0, 0.1) is 23.7 Å². The number of rotatable bonds is 11. The summed E-state index contributed by atoms with van der Waals surface area (Å²) in [6, 6.07) is 8.37. The number of pyridine rings is 1. The smallest absolute Gasteiger partial charge is 0.413 e. The second-order valence-corrected chi connectivity index (χ2v) is 17.4. The number of aromatic nitrogens is 1. The van der Waals surface area contributed by atoms with Crippen molar-refractivity contribution in [2.24, 2.45) is 30.7 Å². The minimum atomic E-state index is -0.923. The molecule has 15 nitrogen and oxygen atoms in total. The number of aryl methyl sites for hydroxylation is 1. The van der Waals surface area contributed by atoms with Crippen molar-refractivity contribution >= 4 is 65.0 Å². The molecule has 302 valence electrons. The number of alkyl carbamates (subject to hydrolysis) is 2. The van der Waals surface area contributed by atoms with E-state index in [4.69, 9.17) is 9.47 Å². The summed E-state index contributed by atoms with van der Waals surface area (Å²) >= 11 is 2.75. The fourth-order valence-electron chi connectivity index (χ4n) is 8.05. The van der Waals surface area contributed by atoms with Crippen molar-refractivity contribution in [1.82, 2.24) is 25.8 Å². The van der Waals surface area contributed by atoms with Gasteiger partial charge in [-0.2, -0.15) is 0 Å². The molecule has 6 atom stereocenters. The third kappa shape index (κ3) is 10.3. The van der Waals surface area contributed by atoms with Gasteiger partial charge in [-0.3, -0.25) is 34.6 Å².